The Kier molecular flexibility index (Phi) is 5.89. The first-order chi connectivity index (χ1) is 12.6. The fourth-order valence-corrected chi connectivity index (χ4v) is 3.38. The number of carbonyl (C=O) groups excluding carboxylic acids is 1. The minimum absolute atomic E-state index is 0.0453. The Balaban J connectivity index is 1.63. The number of aromatic nitrogens is 1. The molecule has 26 heavy (non-hydrogen) atoms. The standard InChI is InChI=1S/C21H26N2O3/c1-3-18-19(10-9-14(2)22-18)26-13-20(25)23-21(16-11-17(24)12-16)15-7-5-4-6-8-15/h4-10,16-17,21,24H,3,11-13H2,1-2H3,(H,23,25). The summed E-state index contributed by atoms with van der Waals surface area (Å²) in [5.74, 6) is 0.745. The van der Waals surface area contributed by atoms with Crippen LogP contribution in [0.1, 0.15) is 42.8 Å². The van der Waals surface area contributed by atoms with Gasteiger partial charge in [-0.1, -0.05) is 37.3 Å². The highest BCUT2D eigenvalue weighted by Crippen LogP contribution is 2.38. The lowest BCUT2D eigenvalue weighted by Gasteiger charge is -2.38. The van der Waals surface area contributed by atoms with E-state index >= 15 is 0 Å². The second kappa shape index (κ2) is 8.32. The van der Waals surface area contributed by atoms with Crippen LogP contribution in [0.2, 0.25) is 0 Å². The molecule has 1 fully saturated rings. The van der Waals surface area contributed by atoms with E-state index in [0.717, 1.165) is 23.4 Å². The average molecular weight is 354 g/mol. The number of hydrogen-bond donors (Lipinski definition) is 2. The van der Waals surface area contributed by atoms with Crippen LogP contribution in [0.15, 0.2) is 42.5 Å². The third-order valence-corrected chi connectivity index (χ3v) is 4.86. The topological polar surface area (TPSA) is 71.5 Å². The molecule has 0 radical (unpaired) electrons. The van der Waals surface area contributed by atoms with Crippen LogP contribution in [-0.2, 0) is 11.2 Å². The van der Waals surface area contributed by atoms with Gasteiger partial charge in [0, 0.05) is 5.69 Å². The molecular weight excluding hydrogens is 328 g/mol. The molecule has 1 amide bonds. The van der Waals surface area contributed by atoms with Crippen molar-refractivity contribution in [1.29, 1.82) is 0 Å². The molecule has 1 aromatic carbocycles. The van der Waals surface area contributed by atoms with Crippen LogP contribution in [-0.4, -0.2) is 28.7 Å². The number of rotatable bonds is 7. The number of aliphatic hydroxyl groups excluding tert-OH is 1. The zero-order valence-corrected chi connectivity index (χ0v) is 15.3. The van der Waals surface area contributed by atoms with Crippen LogP contribution in [0.5, 0.6) is 5.75 Å². The number of aliphatic hydroxyl groups is 1. The van der Waals surface area contributed by atoms with E-state index in [4.69, 9.17) is 4.74 Å². The highest BCUT2D eigenvalue weighted by atomic mass is 16.5. The summed E-state index contributed by atoms with van der Waals surface area (Å²) in [7, 11) is 0. The highest BCUT2D eigenvalue weighted by molar-refractivity contribution is 5.78. The van der Waals surface area contributed by atoms with Gasteiger partial charge in [-0.05, 0) is 49.8 Å². The van der Waals surface area contributed by atoms with Gasteiger partial charge in [0.15, 0.2) is 6.61 Å². The van der Waals surface area contributed by atoms with Gasteiger partial charge in [0.2, 0.25) is 0 Å². The fourth-order valence-electron chi connectivity index (χ4n) is 3.38. The van der Waals surface area contributed by atoms with Gasteiger partial charge in [0.25, 0.3) is 5.91 Å². The second-order valence-electron chi connectivity index (χ2n) is 6.88. The number of nitrogens with zero attached hydrogens (tertiary/aromatic N) is 1. The average Bonchev–Trinajstić information content (AvgIpc) is 2.63. The number of hydrogen-bond acceptors (Lipinski definition) is 4. The molecule has 0 saturated heterocycles. The Bertz CT molecular complexity index is 742. The number of nitrogens with one attached hydrogen (secondary N) is 1. The maximum Gasteiger partial charge on any atom is 0.258 e. The lowest BCUT2D eigenvalue weighted by Crippen LogP contribution is -2.42. The molecular formula is C21H26N2O3. The van der Waals surface area contributed by atoms with Crippen molar-refractivity contribution in [3.63, 3.8) is 0 Å². The van der Waals surface area contributed by atoms with Crippen molar-refractivity contribution in [2.75, 3.05) is 6.61 Å². The van der Waals surface area contributed by atoms with Crippen LogP contribution in [0.25, 0.3) is 0 Å². The van der Waals surface area contributed by atoms with E-state index < -0.39 is 0 Å². The van der Waals surface area contributed by atoms with Gasteiger partial charge in [0.1, 0.15) is 5.75 Å². The van der Waals surface area contributed by atoms with Crippen LogP contribution in [0, 0.1) is 12.8 Å². The minimum atomic E-state index is -0.259. The number of aryl methyl sites for hydroxylation is 2. The van der Waals surface area contributed by atoms with E-state index in [1.807, 2.05) is 56.3 Å². The molecule has 1 atom stereocenters. The van der Waals surface area contributed by atoms with Crippen LogP contribution in [0.4, 0.5) is 0 Å². The summed E-state index contributed by atoms with van der Waals surface area (Å²) in [6.07, 6.45) is 1.92. The lowest BCUT2D eigenvalue weighted by molar-refractivity contribution is -0.125. The summed E-state index contributed by atoms with van der Waals surface area (Å²) >= 11 is 0. The molecule has 1 aliphatic carbocycles. The molecule has 1 aliphatic rings. The van der Waals surface area contributed by atoms with Gasteiger partial charge >= 0.3 is 0 Å². The normalized spacial score (nSPS) is 20.1. The summed E-state index contributed by atoms with van der Waals surface area (Å²) in [4.78, 5) is 16.9. The molecule has 138 valence electrons. The summed E-state index contributed by atoms with van der Waals surface area (Å²) in [6.45, 7) is 3.91. The van der Waals surface area contributed by atoms with E-state index in [1.165, 1.54) is 0 Å². The Hall–Kier alpha value is -2.40. The molecule has 2 N–H and O–H groups in total. The summed E-state index contributed by atoms with van der Waals surface area (Å²) < 4.78 is 5.71. The van der Waals surface area contributed by atoms with Crippen LogP contribution in [0.3, 0.4) is 0 Å². The van der Waals surface area contributed by atoms with Crippen LogP contribution < -0.4 is 10.1 Å². The smallest absolute Gasteiger partial charge is 0.258 e. The Morgan fingerprint density at radius 3 is 2.65 bits per heavy atom. The van der Waals surface area contributed by atoms with Crippen molar-refractivity contribution in [2.45, 2.75) is 45.3 Å². The molecule has 0 spiro atoms. The zero-order chi connectivity index (χ0) is 18.5. The minimum Gasteiger partial charge on any atom is -0.482 e. The van der Waals surface area contributed by atoms with Crippen molar-refractivity contribution >= 4 is 5.91 Å². The van der Waals surface area contributed by atoms with Gasteiger partial charge in [-0.2, -0.15) is 0 Å². The van der Waals surface area contributed by atoms with Crippen molar-refractivity contribution in [3.05, 3.63) is 59.4 Å². The predicted octanol–water partition coefficient (Wildman–Crippen LogP) is 2.96. The third kappa shape index (κ3) is 4.41. The molecule has 1 heterocycles. The summed E-state index contributed by atoms with van der Waals surface area (Å²) in [6, 6.07) is 13.6. The second-order valence-corrected chi connectivity index (χ2v) is 6.88. The van der Waals surface area contributed by atoms with Gasteiger partial charge in [-0.15, -0.1) is 0 Å². The van der Waals surface area contributed by atoms with E-state index in [9.17, 15) is 9.90 Å². The lowest BCUT2D eigenvalue weighted by atomic mass is 9.75. The Morgan fingerprint density at radius 2 is 2.00 bits per heavy atom. The van der Waals surface area contributed by atoms with E-state index in [0.29, 0.717) is 18.6 Å². The molecule has 5 nitrogen and oxygen atoms in total. The molecule has 0 bridgehead atoms. The first-order valence-electron chi connectivity index (χ1n) is 9.18. The van der Waals surface area contributed by atoms with Crippen molar-refractivity contribution in [2.24, 2.45) is 5.92 Å². The Labute approximate surface area is 154 Å². The van der Waals surface area contributed by atoms with E-state index in [1.54, 1.807) is 0 Å². The monoisotopic (exact) mass is 354 g/mol. The summed E-state index contributed by atoms with van der Waals surface area (Å²) in [5.41, 5.74) is 2.86. The maximum atomic E-state index is 12.5. The molecule has 5 heteroatoms. The van der Waals surface area contributed by atoms with Gasteiger partial charge in [0.05, 0.1) is 17.8 Å². The van der Waals surface area contributed by atoms with Crippen molar-refractivity contribution < 1.29 is 14.6 Å². The first kappa shape index (κ1) is 18.4. The largest absolute Gasteiger partial charge is 0.482 e. The first-order valence-corrected chi connectivity index (χ1v) is 9.18. The molecule has 1 aromatic heterocycles. The number of ether oxygens (including phenoxy) is 1. The maximum absolute atomic E-state index is 12.5. The van der Waals surface area contributed by atoms with Gasteiger partial charge in [-0.3, -0.25) is 9.78 Å². The predicted molar refractivity (Wildman–Crippen MR) is 99.9 cm³/mol. The summed E-state index contributed by atoms with van der Waals surface area (Å²) in [5, 5.41) is 12.7. The Morgan fingerprint density at radius 1 is 1.27 bits per heavy atom. The number of pyridine rings is 1. The number of carbonyl (C=O) groups is 1. The molecule has 3 rings (SSSR count). The van der Waals surface area contributed by atoms with Crippen LogP contribution >= 0.6 is 0 Å². The van der Waals surface area contributed by atoms with E-state index in [2.05, 4.69) is 10.3 Å². The molecule has 0 aliphatic heterocycles. The zero-order valence-electron chi connectivity index (χ0n) is 15.3. The van der Waals surface area contributed by atoms with Crippen molar-refractivity contribution in [3.8, 4) is 5.75 Å². The van der Waals surface area contributed by atoms with Gasteiger partial charge < -0.3 is 15.2 Å². The molecule has 1 saturated carbocycles. The molecule has 2 aromatic rings. The number of amides is 1. The van der Waals surface area contributed by atoms with Crippen molar-refractivity contribution in [1.82, 2.24) is 10.3 Å². The quantitative estimate of drug-likeness (QED) is 0.802. The fraction of sp³-hybridized carbons (Fsp3) is 0.429. The third-order valence-electron chi connectivity index (χ3n) is 4.86. The van der Waals surface area contributed by atoms with E-state index in [-0.39, 0.29) is 30.6 Å². The number of benzene rings is 1. The highest BCUT2D eigenvalue weighted by Gasteiger charge is 2.35. The SMILES string of the molecule is CCc1nc(C)ccc1OCC(=O)NC(c1ccccc1)C1CC(O)C1. The van der Waals surface area contributed by atoms with Gasteiger partial charge in [-0.25, -0.2) is 0 Å². The molecule has 1 unspecified atom stereocenters.